The molecule has 0 unspecified atom stereocenters. The summed E-state index contributed by atoms with van der Waals surface area (Å²) in [7, 11) is 1.73. The molecule has 1 N–H and O–H groups in total. The molecule has 0 bridgehead atoms. The van der Waals surface area contributed by atoms with Gasteiger partial charge in [-0.25, -0.2) is 9.18 Å². The minimum absolute atomic E-state index is 0.0113. The highest BCUT2D eigenvalue weighted by Crippen LogP contribution is 2.41. The molecule has 1 heterocycles. The van der Waals surface area contributed by atoms with Gasteiger partial charge in [0.1, 0.15) is 12.4 Å². The number of carbonyl (C=O) groups excluding carboxylic acids is 2. The maximum Gasteiger partial charge on any atom is 0.318 e. The van der Waals surface area contributed by atoms with Crippen LogP contribution in [0.1, 0.15) is 17.9 Å². The van der Waals surface area contributed by atoms with E-state index in [2.05, 4.69) is 5.32 Å². The number of hydrogen-bond acceptors (Lipinski definition) is 2. The second-order valence-corrected chi connectivity index (χ2v) is 6.22. The number of amides is 3. The molecule has 118 valence electrons. The molecule has 1 saturated heterocycles. The smallest absolute Gasteiger partial charge is 0.318 e. The summed E-state index contributed by atoms with van der Waals surface area (Å²) in [6.45, 7) is 1.18. The Hall–Kier alpha value is -1.82. The van der Waals surface area contributed by atoms with Crippen LogP contribution in [0.3, 0.4) is 0 Å². The van der Waals surface area contributed by atoms with E-state index in [0.717, 1.165) is 12.0 Å². The first-order chi connectivity index (χ1) is 10.5. The molecule has 3 amide bonds. The van der Waals surface area contributed by atoms with Gasteiger partial charge in [-0.1, -0.05) is 17.7 Å². The Morgan fingerprint density at radius 1 is 1.41 bits per heavy atom. The third-order valence-electron chi connectivity index (χ3n) is 4.22. The molecule has 1 saturated carbocycles. The highest BCUT2D eigenvalue weighted by Gasteiger charge is 2.41. The number of nitrogens with zero attached hydrogens (tertiary/aromatic N) is 2. The Balaban J connectivity index is 1.56. The van der Waals surface area contributed by atoms with Crippen molar-refractivity contribution in [1.29, 1.82) is 0 Å². The van der Waals surface area contributed by atoms with E-state index in [1.54, 1.807) is 18.0 Å². The van der Waals surface area contributed by atoms with Gasteiger partial charge in [-0.05, 0) is 24.1 Å². The number of likely N-dealkylation sites (N-methyl/N-ethyl adjacent to an activating group) is 1. The molecule has 0 radical (unpaired) electrons. The highest BCUT2D eigenvalue weighted by atomic mass is 35.5. The van der Waals surface area contributed by atoms with Gasteiger partial charge in [0.2, 0.25) is 5.91 Å². The first kappa shape index (κ1) is 15.1. The third kappa shape index (κ3) is 3.02. The Morgan fingerprint density at radius 2 is 2.18 bits per heavy atom. The van der Waals surface area contributed by atoms with E-state index in [4.69, 9.17) is 11.6 Å². The fourth-order valence-electron chi connectivity index (χ4n) is 2.65. The average molecular weight is 326 g/mol. The lowest BCUT2D eigenvalue weighted by Crippen LogP contribution is -2.53. The van der Waals surface area contributed by atoms with Crippen LogP contribution in [-0.4, -0.2) is 54.5 Å². The summed E-state index contributed by atoms with van der Waals surface area (Å²) in [5, 5.41) is 3.00. The molecular formula is C15H17ClFN3O2. The zero-order chi connectivity index (χ0) is 15.9. The molecule has 0 aromatic heterocycles. The lowest BCUT2D eigenvalue weighted by molar-refractivity contribution is -0.133. The molecule has 2 fully saturated rings. The van der Waals surface area contributed by atoms with Gasteiger partial charge in [0.25, 0.3) is 0 Å². The Kier molecular flexibility index (Phi) is 3.95. The molecule has 22 heavy (non-hydrogen) atoms. The molecule has 1 aromatic rings. The van der Waals surface area contributed by atoms with Crippen molar-refractivity contribution >= 4 is 23.5 Å². The minimum atomic E-state index is -0.444. The molecule has 5 nitrogen and oxygen atoms in total. The van der Waals surface area contributed by atoms with E-state index in [1.165, 1.54) is 17.0 Å². The first-order valence-electron chi connectivity index (χ1n) is 7.20. The largest absolute Gasteiger partial charge is 0.342 e. The molecule has 2 aliphatic rings. The van der Waals surface area contributed by atoms with Crippen LogP contribution in [0.2, 0.25) is 5.02 Å². The van der Waals surface area contributed by atoms with Crippen molar-refractivity contribution in [1.82, 2.24) is 15.1 Å². The van der Waals surface area contributed by atoms with Gasteiger partial charge in [0.05, 0.1) is 5.02 Å². The van der Waals surface area contributed by atoms with Crippen LogP contribution in [-0.2, 0) is 4.79 Å². The number of piperazine rings is 1. The maximum atomic E-state index is 13.5. The SMILES string of the molecule is CN1CCN(C(=O)N[C@@H]2C[C@H]2c2ccc(Cl)c(F)c2)CC1=O. The standard InChI is InChI=1S/C15H17ClFN3O2/c1-19-4-5-20(8-14(19)21)15(22)18-13-7-10(13)9-2-3-11(16)12(17)6-9/h2-3,6,10,13H,4-5,7-8H2,1H3,(H,18,22)/t10-,13+/m0/s1. The lowest BCUT2D eigenvalue weighted by atomic mass is 10.1. The van der Waals surface area contributed by atoms with E-state index in [1.807, 2.05) is 0 Å². The third-order valence-corrected chi connectivity index (χ3v) is 4.52. The number of rotatable bonds is 2. The predicted octanol–water partition coefficient (Wildman–Crippen LogP) is 1.82. The van der Waals surface area contributed by atoms with Gasteiger partial charge < -0.3 is 15.1 Å². The van der Waals surface area contributed by atoms with Crippen LogP contribution in [0.15, 0.2) is 18.2 Å². The summed E-state index contributed by atoms with van der Waals surface area (Å²) in [4.78, 5) is 26.9. The summed E-state index contributed by atoms with van der Waals surface area (Å²) in [6.07, 6.45) is 0.772. The van der Waals surface area contributed by atoms with Crippen LogP contribution >= 0.6 is 11.6 Å². The number of benzene rings is 1. The molecule has 3 rings (SSSR count). The predicted molar refractivity (Wildman–Crippen MR) is 80.3 cm³/mol. The van der Waals surface area contributed by atoms with Crippen molar-refractivity contribution in [3.63, 3.8) is 0 Å². The molecule has 2 atom stereocenters. The fraction of sp³-hybridized carbons (Fsp3) is 0.467. The van der Waals surface area contributed by atoms with Gasteiger partial charge in [-0.2, -0.15) is 0 Å². The average Bonchev–Trinajstić information content (AvgIpc) is 3.24. The topological polar surface area (TPSA) is 52.6 Å². The minimum Gasteiger partial charge on any atom is -0.342 e. The number of nitrogens with one attached hydrogen (secondary N) is 1. The summed E-state index contributed by atoms with van der Waals surface area (Å²) >= 11 is 5.67. The fourth-order valence-corrected chi connectivity index (χ4v) is 2.77. The zero-order valence-electron chi connectivity index (χ0n) is 12.2. The number of carbonyl (C=O) groups is 2. The Labute approximate surface area is 133 Å². The number of urea groups is 1. The first-order valence-corrected chi connectivity index (χ1v) is 7.58. The highest BCUT2D eigenvalue weighted by molar-refractivity contribution is 6.30. The Bertz CT molecular complexity index is 625. The van der Waals surface area contributed by atoms with Crippen molar-refractivity contribution in [3.05, 3.63) is 34.6 Å². The van der Waals surface area contributed by atoms with Gasteiger partial charge in [0, 0.05) is 32.1 Å². The van der Waals surface area contributed by atoms with Crippen molar-refractivity contribution in [2.24, 2.45) is 0 Å². The van der Waals surface area contributed by atoms with E-state index in [9.17, 15) is 14.0 Å². The van der Waals surface area contributed by atoms with E-state index in [-0.39, 0.29) is 35.5 Å². The van der Waals surface area contributed by atoms with E-state index < -0.39 is 5.82 Å². The summed E-state index contributed by atoms with van der Waals surface area (Å²) in [6, 6.07) is 4.48. The second-order valence-electron chi connectivity index (χ2n) is 5.81. The Morgan fingerprint density at radius 3 is 2.86 bits per heavy atom. The summed E-state index contributed by atoms with van der Waals surface area (Å²) in [5.74, 6) is -0.395. The van der Waals surface area contributed by atoms with Crippen molar-refractivity contribution < 1.29 is 14.0 Å². The zero-order valence-corrected chi connectivity index (χ0v) is 12.9. The van der Waals surface area contributed by atoms with E-state index in [0.29, 0.717) is 13.1 Å². The van der Waals surface area contributed by atoms with Gasteiger partial charge >= 0.3 is 6.03 Å². The van der Waals surface area contributed by atoms with Crippen LogP contribution in [0.4, 0.5) is 9.18 Å². The summed E-state index contributed by atoms with van der Waals surface area (Å²) in [5.41, 5.74) is 0.835. The number of halogens is 2. The molecule has 0 spiro atoms. The van der Waals surface area contributed by atoms with Crippen LogP contribution < -0.4 is 5.32 Å². The van der Waals surface area contributed by atoms with E-state index >= 15 is 0 Å². The lowest BCUT2D eigenvalue weighted by Gasteiger charge is -2.32. The van der Waals surface area contributed by atoms with Crippen LogP contribution in [0.25, 0.3) is 0 Å². The summed E-state index contributed by atoms with van der Waals surface area (Å²) < 4.78 is 13.5. The van der Waals surface area contributed by atoms with Gasteiger partial charge in [-0.3, -0.25) is 4.79 Å². The molecule has 1 aliphatic carbocycles. The van der Waals surface area contributed by atoms with Crippen LogP contribution in [0, 0.1) is 5.82 Å². The molecule has 1 aromatic carbocycles. The monoisotopic (exact) mass is 325 g/mol. The van der Waals surface area contributed by atoms with Crippen molar-refractivity contribution in [3.8, 4) is 0 Å². The van der Waals surface area contributed by atoms with Crippen molar-refractivity contribution in [2.75, 3.05) is 26.7 Å². The molecule has 1 aliphatic heterocycles. The van der Waals surface area contributed by atoms with Crippen LogP contribution in [0.5, 0.6) is 0 Å². The maximum absolute atomic E-state index is 13.5. The van der Waals surface area contributed by atoms with Gasteiger partial charge in [0.15, 0.2) is 0 Å². The van der Waals surface area contributed by atoms with Crippen molar-refractivity contribution in [2.45, 2.75) is 18.4 Å². The quantitative estimate of drug-likeness (QED) is 0.901. The van der Waals surface area contributed by atoms with Gasteiger partial charge in [-0.15, -0.1) is 0 Å². The number of hydrogen-bond donors (Lipinski definition) is 1. The molecule has 7 heteroatoms. The second kappa shape index (κ2) is 5.76. The molecular weight excluding hydrogens is 309 g/mol. The normalized spacial score (nSPS) is 24.4.